The lowest BCUT2D eigenvalue weighted by atomic mass is 10.1. The van der Waals surface area contributed by atoms with Crippen molar-refractivity contribution in [2.75, 3.05) is 11.9 Å². The number of anilines is 1. The van der Waals surface area contributed by atoms with E-state index in [9.17, 15) is 24.1 Å². The maximum Gasteiger partial charge on any atom is 0.375 e. The van der Waals surface area contributed by atoms with Gasteiger partial charge in [-0.15, -0.1) is 0 Å². The molecule has 2 aromatic carbocycles. The zero-order valence-electron chi connectivity index (χ0n) is 14.3. The number of esters is 1. The summed E-state index contributed by atoms with van der Waals surface area (Å²) in [5, 5.41) is 13.6. The first-order valence-electron chi connectivity index (χ1n) is 7.86. The van der Waals surface area contributed by atoms with Crippen molar-refractivity contribution < 1.29 is 28.1 Å². The van der Waals surface area contributed by atoms with E-state index in [2.05, 4.69) is 5.32 Å². The Labute approximate surface area is 162 Å². The van der Waals surface area contributed by atoms with Crippen LogP contribution in [-0.2, 0) is 9.53 Å². The van der Waals surface area contributed by atoms with Crippen LogP contribution in [0.3, 0.4) is 0 Å². The molecule has 0 aliphatic rings. The lowest BCUT2D eigenvalue weighted by molar-refractivity contribution is -0.384. The van der Waals surface area contributed by atoms with Gasteiger partial charge in [0.1, 0.15) is 5.02 Å². The van der Waals surface area contributed by atoms with Crippen LogP contribution in [0.1, 0.15) is 16.1 Å². The van der Waals surface area contributed by atoms with Gasteiger partial charge in [0.2, 0.25) is 5.76 Å². The van der Waals surface area contributed by atoms with Crippen molar-refractivity contribution in [3.63, 3.8) is 0 Å². The van der Waals surface area contributed by atoms with Crippen molar-refractivity contribution in [2.45, 2.75) is 6.92 Å². The molecule has 0 saturated heterocycles. The Bertz CT molecular complexity index is 1110. The fraction of sp³-hybridized carbons (Fsp3) is 0.111. The predicted molar refractivity (Wildman–Crippen MR) is 97.9 cm³/mol. The molecule has 0 unspecified atom stereocenters. The maximum atomic E-state index is 13.7. The summed E-state index contributed by atoms with van der Waals surface area (Å²) in [5.74, 6) is -2.51. The van der Waals surface area contributed by atoms with Crippen molar-refractivity contribution in [3.8, 4) is 0 Å². The molecule has 0 fully saturated rings. The molecule has 28 heavy (non-hydrogen) atoms. The van der Waals surface area contributed by atoms with Crippen molar-refractivity contribution in [2.24, 2.45) is 0 Å². The summed E-state index contributed by atoms with van der Waals surface area (Å²) in [6.07, 6.45) is 0. The molecule has 0 radical (unpaired) electrons. The van der Waals surface area contributed by atoms with E-state index in [0.717, 1.165) is 6.07 Å². The molecule has 1 aromatic heterocycles. The molecular formula is C18H12ClFN2O6. The van der Waals surface area contributed by atoms with Crippen LogP contribution in [0, 0.1) is 22.9 Å². The molecule has 1 amide bonds. The molecule has 3 aromatic rings. The smallest absolute Gasteiger partial charge is 0.375 e. The van der Waals surface area contributed by atoms with E-state index in [1.807, 2.05) is 0 Å². The number of hydrogen-bond acceptors (Lipinski definition) is 6. The maximum absolute atomic E-state index is 13.7. The first-order valence-corrected chi connectivity index (χ1v) is 8.24. The van der Waals surface area contributed by atoms with E-state index in [1.165, 1.54) is 24.3 Å². The monoisotopic (exact) mass is 406 g/mol. The Morgan fingerprint density at radius 2 is 2.07 bits per heavy atom. The molecule has 1 N–H and O–H groups in total. The third-order valence-electron chi connectivity index (χ3n) is 3.86. The van der Waals surface area contributed by atoms with Gasteiger partial charge in [0, 0.05) is 22.7 Å². The van der Waals surface area contributed by atoms with E-state index in [1.54, 1.807) is 13.0 Å². The number of nitrogens with one attached hydrogen (secondary N) is 1. The summed E-state index contributed by atoms with van der Waals surface area (Å²) < 4.78 is 23.9. The summed E-state index contributed by atoms with van der Waals surface area (Å²) in [5.41, 5.74) is 0.0358. The molecule has 1 heterocycles. The molecule has 8 nitrogen and oxygen atoms in total. The minimum Gasteiger partial charge on any atom is -0.450 e. The number of nitro groups is 1. The van der Waals surface area contributed by atoms with Gasteiger partial charge in [0.05, 0.1) is 4.92 Å². The van der Waals surface area contributed by atoms with Crippen LogP contribution in [0.15, 0.2) is 40.8 Å². The molecule has 0 spiro atoms. The average molecular weight is 407 g/mol. The quantitative estimate of drug-likeness (QED) is 0.385. The van der Waals surface area contributed by atoms with Crippen molar-refractivity contribution in [3.05, 3.63) is 68.7 Å². The van der Waals surface area contributed by atoms with E-state index in [4.69, 9.17) is 20.8 Å². The van der Waals surface area contributed by atoms with Crippen LogP contribution in [0.5, 0.6) is 0 Å². The Kier molecular flexibility index (Phi) is 5.27. The second kappa shape index (κ2) is 7.65. The highest BCUT2D eigenvalue weighted by Gasteiger charge is 2.22. The van der Waals surface area contributed by atoms with E-state index >= 15 is 0 Å². The minimum absolute atomic E-state index is 0.0788. The molecule has 0 saturated carbocycles. The highest BCUT2D eigenvalue weighted by Crippen LogP contribution is 2.28. The number of ether oxygens (including phenoxy) is 1. The van der Waals surface area contributed by atoms with Crippen molar-refractivity contribution in [1.29, 1.82) is 0 Å². The summed E-state index contributed by atoms with van der Waals surface area (Å²) in [7, 11) is 0. The summed E-state index contributed by atoms with van der Waals surface area (Å²) in [6, 6.07) is 7.96. The van der Waals surface area contributed by atoms with E-state index in [-0.39, 0.29) is 27.7 Å². The summed E-state index contributed by atoms with van der Waals surface area (Å²) >= 11 is 5.70. The number of carbonyl (C=O) groups excluding carboxylic acids is 2. The zero-order chi connectivity index (χ0) is 20.4. The third kappa shape index (κ3) is 3.79. The zero-order valence-corrected chi connectivity index (χ0v) is 15.1. The average Bonchev–Trinajstić information content (AvgIpc) is 2.99. The number of aryl methyl sites for hydroxylation is 1. The first-order chi connectivity index (χ1) is 13.3. The van der Waals surface area contributed by atoms with Gasteiger partial charge in [0.15, 0.2) is 18.0 Å². The lowest BCUT2D eigenvalue weighted by Gasteiger charge is -2.06. The van der Waals surface area contributed by atoms with Gasteiger partial charge in [-0.2, -0.15) is 0 Å². The van der Waals surface area contributed by atoms with Gasteiger partial charge < -0.3 is 14.5 Å². The van der Waals surface area contributed by atoms with Crippen LogP contribution < -0.4 is 5.32 Å². The number of fused-ring (bicyclic) bond motifs is 1. The van der Waals surface area contributed by atoms with Crippen LogP contribution in [-0.4, -0.2) is 23.4 Å². The Morgan fingerprint density at radius 1 is 1.32 bits per heavy atom. The summed E-state index contributed by atoms with van der Waals surface area (Å²) in [6.45, 7) is 0.892. The number of carbonyl (C=O) groups is 2. The number of rotatable bonds is 5. The van der Waals surface area contributed by atoms with E-state index < -0.39 is 29.2 Å². The van der Waals surface area contributed by atoms with Crippen LogP contribution in [0.4, 0.5) is 15.8 Å². The first kappa shape index (κ1) is 19.3. The van der Waals surface area contributed by atoms with E-state index in [0.29, 0.717) is 10.9 Å². The number of hydrogen-bond donors (Lipinski definition) is 1. The van der Waals surface area contributed by atoms with Crippen molar-refractivity contribution in [1.82, 2.24) is 0 Å². The van der Waals surface area contributed by atoms with Gasteiger partial charge >= 0.3 is 5.97 Å². The number of para-hydroxylation sites is 1. The second-order valence-electron chi connectivity index (χ2n) is 5.72. The Hall–Kier alpha value is -3.46. The number of nitrogens with zero attached hydrogens (tertiary/aromatic N) is 1. The molecule has 10 heteroatoms. The largest absolute Gasteiger partial charge is 0.450 e. The van der Waals surface area contributed by atoms with Gasteiger partial charge in [-0.1, -0.05) is 23.7 Å². The second-order valence-corrected chi connectivity index (χ2v) is 6.13. The number of halogens is 2. The van der Waals surface area contributed by atoms with Crippen molar-refractivity contribution >= 4 is 45.8 Å². The Morgan fingerprint density at radius 3 is 2.75 bits per heavy atom. The number of furan rings is 1. The fourth-order valence-electron chi connectivity index (χ4n) is 2.53. The van der Waals surface area contributed by atoms with Gasteiger partial charge in [-0.05, 0) is 25.1 Å². The van der Waals surface area contributed by atoms with Gasteiger partial charge in [-0.25, -0.2) is 9.18 Å². The molecule has 144 valence electrons. The van der Waals surface area contributed by atoms with Crippen LogP contribution in [0.2, 0.25) is 5.02 Å². The SMILES string of the molecule is Cc1c(C(=O)OCC(=O)Nc2ccc(Cl)c([N+](=O)[O-])c2)oc2c(F)cccc12. The molecular weight excluding hydrogens is 395 g/mol. The molecule has 0 atom stereocenters. The number of benzene rings is 2. The number of nitro benzene ring substituents is 1. The summed E-state index contributed by atoms with van der Waals surface area (Å²) in [4.78, 5) is 34.3. The number of amides is 1. The third-order valence-corrected chi connectivity index (χ3v) is 4.18. The van der Waals surface area contributed by atoms with Gasteiger partial charge in [-0.3, -0.25) is 14.9 Å². The predicted octanol–water partition coefficient (Wildman–Crippen LogP) is 4.24. The standard InChI is InChI=1S/C18H12ClFN2O6/c1-9-11-3-2-4-13(20)17(11)28-16(9)18(24)27-8-15(23)21-10-5-6-12(19)14(7-10)22(25)26/h2-7H,8H2,1H3,(H,21,23). The topological polar surface area (TPSA) is 112 Å². The van der Waals surface area contributed by atoms with Crippen LogP contribution in [0.25, 0.3) is 11.0 Å². The molecule has 3 rings (SSSR count). The molecule has 0 aliphatic heterocycles. The molecule has 0 bridgehead atoms. The highest BCUT2D eigenvalue weighted by atomic mass is 35.5. The fourth-order valence-corrected chi connectivity index (χ4v) is 2.71. The lowest BCUT2D eigenvalue weighted by Crippen LogP contribution is -2.21. The Balaban J connectivity index is 1.67. The molecule has 0 aliphatic carbocycles. The normalized spacial score (nSPS) is 10.7. The van der Waals surface area contributed by atoms with Crippen LogP contribution >= 0.6 is 11.6 Å². The van der Waals surface area contributed by atoms with Gasteiger partial charge in [0.25, 0.3) is 11.6 Å². The highest BCUT2D eigenvalue weighted by molar-refractivity contribution is 6.32. The minimum atomic E-state index is -0.940.